The van der Waals surface area contributed by atoms with Crippen LogP contribution in [0.2, 0.25) is 5.28 Å². The first kappa shape index (κ1) is 24.8. The number of morpholine rings is 1. The van der Waals surface area contributed by atoms with Crippen molar-refractivity contribution < 1.29 is 4.74 Å². The first-order valence-corrected chi connectivity index (χ1v) is 13.3. The van der Waals surface area contributed by atoms with E-state index in [1.807, 2.05) is 37.4 Å². The van der Waals surface area contributed by atoms with Crippen LogP contribution < -0.4 is 15.5 Å². The molecule has 2 aromatic heterocycles. The molecule has 11 heteroatoms. The largest absolute Gasteiger partial charge is 0.378 e. The SMILES string of the molecule is Cc1cnc(Nc2ccc(N3CCOCC3)cc2)nc1Sc1ccc(Nc2nc(Cl)ncc2Br)cc1. The minimum atomic E-state index is 0.185. The smallest absolute Gasteiger partial charge is 0.228 e. The van der Waals surface area contributed by atoms with Crippen LogP contribution in [-0.2, 0) is 4.74 Å². The summed E-state index contributed by atoms with van der Waals surface area (Å²) in [5.74, 6) is 1.17. The Labute approximate surface area is 227 Å². The van der Waals surface area contributed by atoms with Crippen LogP contribution in [-0.4, -0.2) is 46.2 Å². The summed E-state index contributed by atoms with van der Waals surface area (Å²) in [5.41, 5.74) is 4.03. The zero-order valence-electron chi connectivity index (χ0n) is 19.4. The fourth-order valence-corrected chi connectivity index (χ4v) is 4.85. The first-order valence-electron chi connectivity index (χ1n) is 11.3. The number of rotatable bonds is 7. The molecular formula is C25H23BrClN7OS. The minimum absolute atomic E-state index is 0.185. The predicted octanol–water partition coefficient (Wildman–Crippen LogP) is 6.47. The molecule has 36 heavy (non-hydrogen) atoms. The van der Waals surface area contributed by atoms with E-state index >= 15 is 0 Å². The van der Waals surface area contributed by atoms with Crippen LogP contribution in [0.15, 0.2) is 75.3 Å². The quantitative estimate of drug-likeness (QED) is 0.187. The van der Waals surface area contributed by atoms with Crippen molar-refractivity contribution in [2.75, 3.05) is 41.8 Å². The van der Waals surface area contributed by atoms with E-state index in [1.54, 1.807) is 18.0 Å². The third kappa shape index (κ3) is 6.25. The van der Waals surface area contributed by atoms with Crippen LogP contribution in [0, 0.1) is 6.92 Å². The molecule has 1 fully saturated rings. The van der Waals surface area contributed by atoms with E-state index < -0.39 is 0 Å². The molecule has 0 spiro atoms. The maximum absolute atomic E-state index is 5.91. The molecule has 5 rings (SSSR count). The van der Waals surface area contributed by atoms with Gasteiger partial charge in [0.2, 0.25) is 11.2 Å². The van der Waals surface area contributed by atoms with Crippen molar-refractivity contribution in [3.63, 3.8) is 0 Å². The molecule has 0 aliphatic carbocycles. The Balaban J connectivity index is 1.24. The highest BCUT2D eigenvalue weighted by atomic mass is 79.9. The Morgan fingerprint density at radius 2 is 1.61 bits per heavy atom. The van der Waals surface area contributed by atoms with Gasteiger partial charge in [-0.15, -0.1) is 0 Å². The van der Waals surface area contributed by atoms with Crippen molar-refractivity contribution in [1.29, 1.82) is 0 Å². The van der Waals surface area contributed by atoms with E-state index in [0.29, 0.717) is 11.8 Å². The summed E-state index contributed by atoms with van der Waals surface area (Å²) >= 11 is 10.9. The molecule has 0 bridgehead atoms. The van der Waals surface area contributed by atoms with Gasteiger partial charge in [-0.25, -0.2) is 15.0 Å². The Hall–Kier alpha value is -2.92. The van der Waals surface area contributed by atoms with Gasteiger partial charge in [0.25, 0.3) is 0 Å². The average molecular weight is 585 g/mol. The third-order valence-corrected chi connectivity index (χ3v) is 7.35. The number of aryl methyl sites for hydroxylation is 1. The van der Waals surface area contributed by atoms with Crippen LogP contribution in [0.1, 0.15) is 5.56 Å². The van der Waals surface area contributed by atoms with E-state index in [4.69, 9.17) is 21.3 Å². The van der Waals surface area contributed by atoms with Crippen molar-refractivity contribution in [1.82, 2.24) is 19.9 Å². The number of ether oxygens (including phenoxy) is 1. The van der Waals surface area contributed by atoms with Crippen molar-refractivity contribution in [2.45, 2.75) is 16.8 Å². The number of hydrogen-bond donors (Lipinski definition) is 2. The van der Waals surface area contributed by atoms with E-state index in [0.717, 1.165) is 57.6 Å². The molecular weight excluding hydrogens is 562 g/mol. The zero-order chi connectivity index (χ0) is 24.9. The predicted molar refractivity (Wildman–Crippen MR) is 148 cm³/mol. The summed E-state index contributed by atoms with van der Waals surface area (Å²) in [5, 5.41) is 7.63. The highest BCUT2D eigenvalue weighted by molar-refractivity contribution is 9.10. The van der Waals surface area contributed by atoms with E-state index in [2.05, 4.69) is 70.7 Å². The topological polar surface area (TPSA) is 88.1 Å². The Bertz CT molecular complexity index is 1340. The molecule has 0 unspecified atom stereocenters. The molecule has 1 aliphatic heterocycles. The number of halogens is 2. The summed E-state index contributed by atoms with van der Waals surface area (Å²) in [7, 11) is 0. The Morgan fingerprint density at radius 3 is 2.36 bits per heavy atom. The third-order valence-electron chi connectivity index (χ3n) is 5.47. The van der Waals surface area contributed by atoms with Crippen LogP contribution in [0.3, 0.4) is 0 Å². The second-order valence-corrected chi connectivity index (χ2v) is 10.3. The van der Waals surface area contributed by atoms with Crippen molar-refractivity contribution in [3.05, 3.63) is 76.2 Å². The van der Waals surface area contributed by atoms with E-state index in [1.165, 1.54) is 5.69 Å². The van der Waals surface area contributed by atoms with Crippen LogP contribution in [0.25, 0.3) is 0 Å². The van der Waals surface area contributed by atoms with Gasteiger partial charge in [-0.1, -0.05) is 11.8 Å². The molecule has 1 aliphatic rings. The highest BCUT2D eigenvalue weighted by Crippen LogP contribution is 2.32. The van der Waals surface area contributed by atoms with Crippen molar-refractivity contribution in [2.24, 2.45) is 0 Å². The van der Waals surface area contributed by atoms with E-state index in [-0.39, 0.29) is 5.28 Å². The van der Waals surface area contributed by atoms with Gasteiger partial charge in [-0.3, -0.25) is 0 Å². The van der Waals surface area contributed by atoms with Gasteiger partial charge < -0.3 is 20.3 Å². The fraction of sp³-hybridized carbons (Fsp3) is 0.200. The molecule has 2 N–H and O–H groups in total. The van der Waals surface area contributed by atoms with Gasteiger partial charge in [0.1, 0.15) is 10.8 Å². The van der Waals surface area contributed by atoms with E-state index in [9.17, 15) is 0 Å². The molecule has 1 saturated heterocycles. The molecule has 0 amide bonds. The second kappa shape index (κ2) is 11.4. The van der Waals surface area contributed by atoms with Crippen LogP contribution >= 0.6 is 39.3 Å². The maximum Gasteiger partial charge on any atom is 0.228 e. The summed E-state index contributed by atoms with van der Waals surface area (Å²) in [6.45, 7) is 5.38. The molecule has 0 radical (unpaired) electrons. The lowest BCUT2D eigenvalue weighted by atomic mass is 10.2. The lowest BCUT2D eigenvalue weighted by Gasteiger charge is -2.28. The zero-order valence-corrected chi connectivity index (χ0v) is 22.6. The lowest BCUT2D eigenvalue weighted by Crippen LogP contribution is -2.36. The number of nitrogens with one attached hydrogen (secondary N) is 2. The van der Waals surface area contributed by atoms with Gasteiger partial charge in [0, 0.05) is 53.0 Å². The van der Waals surface area contributed by atoms with Gasteiger partial charge in [0.15, 0.2) is 0 Å². The van der Waals surface area contributed by atoms with Gasteiger partial charge in [0.05, 0.1) is 17.7 Å². The number of nitrogens with zero attached hydrogens (tertiary/aromatic N) is 5. The second-order valence-electron chi connectivity index (χ2n) is 8.04. The summed E-state index contributed by atoms with van der Waals surface area (Å²) in [6, 6.07) is 16.4. The highest BCUT2D eigenvalue weighted by Gasteiger charge is 2.12. The molecule has 3 heterocycles. The minimum Gasteiger partial charge on any atom is -0.378 e. The average Bonchev–Trinajstić information content (AvgIpc) is 2.90. The molecule has 184 valence electrons. The van der Waals surface area contributed by atoms with Crippen molar-refractivity contribution in [3.8, 4) is 0 Å². The van der Waals surface area contributed by atoms with Gasteiger partial charge >= 0.3 is 0 Å². The first-order chi connectivity index (χ1) is 17.5. The standard InChI is InChI=1S/C25H23BrClN7OS/c1-16-14-29-25(31-18-2-6-19(7-3-18)34-10-12-35-13-11-34)33-23(16)36-20-8-4-17(5-9-20)30-22-21(26)15-28-24(27)32-22/h2-9,14-15H,10-13H2,1H3,(H,28,30,32)(H,29,31,33). The summed E-state index contributed by atoms with van der Waals surface area (Å²) in [4.78, 5) is 20.7. The fourth-order valence-electron chi connectivity index (χ4n) is 3.58. The Morgan fingerprint density at radius 1 is 0.917 bits per heavy atom. The van der Waals surface area contributed by atoms with Crippen LogP contribution in [0.5, 0.6) is 0 Å². The number of aromatic nitrogens is 4. The normalized spacial score (nSPS) is 13.5. The van der Waals surface area contributed by atoms with Gasteiger partial charge in [-0.2, -0.15) is 4.98 Å². The molecule has 0 atom stereocenters. The molecule has 2 aromatic carbocycles. The summed E-state index contributed by atoms with van der Waals surface area (Å²) < 4.78 is 6.17. The molecule has 4 aromatic rings. The number of benzene rings is 2. The monoisotopic (exact) mass is 583 g/mol. The molecule has 8 nitrogen and oxygen atoms in total. The van der Waals surface area contributed by atoms with Crippen molar-refractivity contribution >= 4 is 68.1 Å². The van der Waals surface area contributed by atoms with Gasteiger partial charge in [-0.05, 0) is 83.0 Å². The Kier molecular flexibility index (Phi) is 7.86. The summed E-state index contributed by atoms with van der Waals surface area (Å²) in [6.07, 6.45) is 3.45. The lowest BCUT2D eigenvalue weighted by molar-refractivity contribution is 0.122. The maximum atomic E-state index is 5.91. The van der Waals surface area contributed by atoms with Crippen LogP contribution in [0.4, 0.5) is 28.8 Å². The molecule has 0 saturated carbocycles. The number of anilines is 5. The number of hydrogen-bond acceptors (Lipinski definition) is 9.